The van der Waals surface area contributed by atoms with Gasteiger partial charge in [0.2, 0.25) is 10.0 Å². The third-order valence-corrected chi connectivity index (χ3v) is 7.67. The monoisotopic (exact) mass is 461 g/mol. The average molecular weight is 463 g/mol. The van der Waals surface area contributed by atoms with Crippen LogP contribution in [-0.2, 0) is 10.0 Å². The zero-order valence-electron chi connectivity index (χ0n) is 15.0. The van der Waals surface area contributed by atoms with Crippen molar-refractivity contribution in [3.8, 4) is 5.75 Å². The van der Waals surface area contributed by atoms with Gasteiger partial charge in [-0.2, -0.15) is 4.31 Å². The van der Waals surface area contributed by atoms with Crippen molar-refractivity contribution < 1.29 is 17.9 Å². The van der Waals surface area contributed by atoms with Crippen LogP contribution >= 0.6 is 34.8 Å². The van der Waals surface area contributed by atoms with Gasteiger partial charge in [-0.25, -0.2) is 13.2 Å². The molecule has 1 saturated heterocycles. The van der Waals surface area contributed by atoms with Crippen molar-refractivity contribution in [2.24, 2.45) is 5.92 Å². The molecule has 0 aliphatic carbocycles. The zero-order valence-corrected chi connectivity index (χ0v) is 18.1. The molecule has 0 bridgehead atoms. The normalized spacial score (nSPS) is 18.1. The summed E-state index contributed by atoms with van der Waals surface area (Å²) in [7, 11) is -3.82. The Labute approximate surface area is 179 Å². The molecule has 0 amide bonds. The molecule has 1 heterocycles. The maximum Gasteiger partial charge on any atom is 0.343 e. The van der Waals surface area contributed by atoms with E-state index < -0.39 is 16.0 Å². The van der Waals surface area contributed by atoms with Crippen molar-refractivity contribution >= 4 is 50.8 Å². The molecule has 2 aromatic rings. The summed E-state index contributed by atoms with van der Waals surface area (Å²) in [6, 6.07) is 8.66. The van der Waals surface area contributed by atoms with Crippen LogP contribution < -0.4 is 4.74 Å². The molecule has 0 N–H and O–H groups in total. The Morgan fingerprint density at radius 1 is 1.14 bits per heavy atom. The summed E-state index contributed by atoms with van der Waals surface area (Å²) >= 11 is 18.1. The smallest absolute Gasteiger partial charge is 0.343 e. The minimum Gasteiger partial charge on any atom is -0.421 e. The van der Waals surface area contributed by atoms with E-state index in [-0.39, 0.29) is 37.2 Å². The summed E-state index contributed by atoms with van der Waals surface area (Å²) in [5.74, 6) is -0.409. The van der Waals surface area contributed by atoms with E-state index in [9.17, 15) is 13.2 Å². The first-order chi connectivity index (χ1) is 13.2. The van der Waals surface area contributed by atoms with Crippen molar-refractivity contribution in [2.45, 2.75) is 24.7 Å². The number of sulfonamides is 1. The number of hydrogen-bond acceptors (Lipinski definition) is 4. The van der Waals surface area contributed by atoms with Crippen LogP contribution in [0.3, 0.4) is 0 Å². The fourth-order valence-corrected chi connectivity index (χ4v) is 5.48. The molecule has 0 aromatic heterocycles. The zero-order chi connectivity index (χ0) is 20.5. The van der Waals surface area contributed by atoms with Crippen LogP contribution in [0.2, 0.25) is 15.1 Å². The van der Waals surface area contributed by atoms with E-state index in [0.29, 0.717) is 13.1 Å². The topological polar surface area (TPSA) is 63.7 Å². The van der Waals surface area contributed by atoms with Gasteiger partial charge in [0, 0.05) is 13.1 Å². The van der Waals surface area contributed by atoms with Crippen LogP contribution in [0.1, 0.15) is 30.1 Å². The summed E-state index contributed by atoms with van der Waals surface area (Å²) in [5, 5.41) is 0.391. The fourth-order valence-electron chi connectivity index (χ4n) is 3.05. The quantitative estimate of drug-likeness (QED) is 0.458. The standard InChI is InChI=1S/C19H18Cl3NO4S/c1-12-4-3-9-23(11-12)28(25,26)17-10-13(7-8-14(17)20)19(24)27-16-6-2-5-15(21)18(16)22/h2,5-8,10,12H,3-4,9,11H2,1H3/t12-/m1/s1. The van der Waals surface area contributed by atoms with E-state index >= 15 is 0 Å². The number of esters is 1. The Kier molecular flexibility index (Phi) is 6.57. The summed E-state index contributed by atoms with van der Waals surface area (Å²) in [5.41, 5.74) is 0.0454. The third kappa shape index (κ3) is 4.47. The highest BCUT2D eigenvalue weighted by Gasteiger charge is 2.31. The van der Waals surface area contributed by atoms with Gasteiger partial charge in [0.25, 0.3) is 0 Å². The van der Waals surface area contributed by atoms with Crippen molar-refractivity contribution in [1.82, 2.24) is 4.31 Å². The Morgan fingerprint density at radius 3 is 2.61 bits per heavy atom. The van der Waals surface area contributed by atoms with E-state index in [0.717, 1.165) is 12.8 Å². The maximum atomic E-state index is 13.0. The van der Waals surface area contributed by atoms with Crippen molar-refractivity contribution in [2.75, 3.05) is 13.1 Å². The molecule has 1 aliphatic heterocycles. The molecule has 28 heavy (non-hydrogen) atoms. The number of nitrogens with zero attached hydrogens (tertiary/aromatic N) is 1. The number of ether oxygens (including phenoxy) is 1. The second-order valence-corrected chi connectivity index (χ2v) is 9.80. The number of piperidine rings is 1. The summed E-state index contributed by atoms with van der Waals surface area (Å²) in [4.78, 5) is 12.4. The van der Waals surface area contributed by atoms with Crippen LogP contribution in [0.15, 0.2) is 41.3 Å². The SMILES string of the molecule is C[C@@H]1CCCN(S(=O)(=O)c2cc(C(=O)Oc3cccc(Cl)c3Cl)ccc2Cl)C1. The predicted molar refractivity (Wildman–Crippen MR) is 110 cm³/mol. The van der Waals surface area contributed by atoms with E-state index in [1.54, 1.807) is 12.1 Å². The van der Waals surface area contributed by atoms with Crippen molar-refractivity contribution in [3.63, 3.8) is 0 Å². The first-order valence-electron chi connectivity index (χ1n) is 8.66. The second-order valence-electron chi connectivity index (χ2n) is 6.70. The molecule has 150 valence electrons. The molecule has 0 unspecified atom stereocenters. The first-order valence-corrected chi connectivity index (χ1v) is 11.2. The minimum absolute atomic E-state index is 0.0454. The van der Waals surface area contributed by atoms with E-state index in [1.807, 2.05) is 6.92 Å². The van der Waals surface area contributed by atoms with Crippen LogP contribution in [0.4, 0.5) is 0 Å². The number of rotatable bonds is 4. The number of halogens is 3. The summed E-state index contributed by atoms with van der Waals surface area (Å²) in [6.07, 6.45) is 1.76. The van der Waals surface area contributed by atoms with Gasteiger partial charge in [-0.3, -0.25) is 0 Å². The summed E-state index contributed by atoms with van der Waals surface area (Å²) in [6.45, 7) is 2.85. The largest absolute Gasteiger partial charge is 0.421 e. The third-order valence-electron chi connectivity index (χ3n) is 4.52. The number of benzene rings is 2. The molecule has 5 nitrogen and oxygen atoms in total. The molecular weight excluding hydrogens is 445 g/mol. The first kappa shape index (κ1) is 21.4. The molecule has 0 saturated carbocycles. The Bertz CT molecular complexity index is 1010. The number of carbonyl (C=O) groups excluding carboxylic acids is 1. The second kappa shape index (κ2) is 8.59. The Morgan fingerprint density at radius 2 is 1.89 bits per heavy atom. The molecule has 1 atom stereocenters. The van der Waals surface area contributed by atoms with Crippen LogP contribution in [0, 0.1) is 5.92 Å². The van der Waals surface area contributed by atoms with Gasteiger partial charge in [-0.1, -0.05) is 47.8 Å². The van der Waals surface area contributed by atoms with Crippen molar-refractivity contribution in [1.29, 1.82) is 0 Å². The lowest BCUT2D eigenvalue weighted by Gasteiger charge is -2.30. The Balaban J connectivity index is 1.90. The summed E-state index contributed by atoms with van der Waals surface area (Å²) < 4.78 is 32.8. The molecule has 2 aromatic carbocycles. The lowest BCUT2D eigenvalue weighted by molar-refractivity contribution is 0.0734. The number of carbonyl (C=O) groups is 1. The van der Waals surface area contributed by atoms with E-state index in [2.05, 4.69) is 0 Å². The van der Waals surface area contributed by atoms with Gasteiger partial charge < -0.3 is 4.74 Å². The van der Waals surface area contributed by atoms with E-state index in [1.165, 1.54) is 28.6 Å². The predicted octanol–water partition coefficient (Wildman–Crippen LogP) is 5.29. The lowest BCUT2D eigenvalue weighted by atomic mass is 10.0. The van der Waals surface area contributed by atoms with Crippen molar-refractivity contribution in [3.05, 3.63) is 57.0 Å². The molecule has 9 heteroatoms. The highest BCUT2D eigenvalue weighted by molar-refractivity contribution is 7.89. The molecule has 1 fully saturated rings. The van der Waals surface area contributed by atoms with Crippen LogP contribution in [0.25, 0.3) is 0 Å². The molecule has 0 spiro atoms. The highest BCUT2D eigenvalue weighted by atomic mass is 35.5. The van der Waals surface area contributed by atoms with E-state index in [4.69, 9.17) is 39.5 Å². The average Bonchev–Trinajstić information content (AvgIpc) is 2.65. The highest BCUT2D eigenvalue weighted by Crippen LogP contribution is 2.33. The molecule has 3 rings (SSSR count). The fraction of sp³-hybridized carbons (Fsp3) is 0.316. The van der Waals surface area contributed by atoms with Gasteiger partial charge >= 0.3 is 5.97 Å². The molecule has 0 radical (unpaired) electrons. The minimum atomic E-state index is -3.82. The molecule has 1 aliphatic rings. The van der Waals surface area contributed by atoms with Gasteiger partial charge in [-0.05, 0) is 49.1 Å². The maximum absolute atomic E-state index is 13.0. The van der Waals surface area contributed by atoms with Crippen LogP contribution in [0.5, 0.6) is 5.75 Å². The van der Waals surface area contributed by atoms with Gasteiger partial charge in [0.05, 0.1) is 15.6 Å². The number of hydrogen-bond donors (Lipinski definition) is 0. The van der Waals surface area contributed by atoms with Gasteiger partial charge in [-0.15, -0.1) is 0 Å². The lowest BCUT2D eigenvalue weighted by Crippen LogP contribution is -2.39. The van der Waals surface area contributed by atoms with Gasteiger partial charge in [0.1, 0.15) is 9.92 Å². The van der Waals surface area contributed by atoms with Crippen LogP contribution in [-0.4, -0.2) is 31.8 Å². The van der Waals surface area contributed by atoms with Gasteiger partial charge in [0.15, 0.2) is 5.75 Å². The Hall–Kier alpha value is -1.31. The molecular formula is C19H18Cl3NO4S.